The number of nitrogens with two attached hydrogens (primary N) is 1. The molecule has 3 aromatic rings. The summed E-state index contributed by atoms with van der Waals surface area (Å²) in [6.45, 7) is 5.60. The third-order valence-electron chi connectivity index (χ3n) is 8.77. The Bertz CT molecular complexity index is 1430. The predicted octanol–water partition coefficient (Wildman–Crippen LogP) is 5.36. The van der Waals surface area contributed by atoms with Gasteiger partial charge >= 0.3 is 6.09 Å². The van der Waals surface area contributed by atoms with E-state index in [-0.39, 0.29) is 11.7 Å². The molecule has 6 rings (SSSR count). The molecule has 2 aromatic heterocycles. The first-order valence-electron chi connectivity index (χ1n) is 14.3. The highest BCUT2D eigenvalue weighted by atomic mass is 35.5. The number of aromatic nitrogens is 4. The second-order valence-electron chi connectivity index (χ2n) is 11.5. The Labute approximate surface area is 238 Å². The number of rotatable bonds is 5. The average Bonchev–Trinajstić information content (AvgIpc) is 3.31. The van der Waals surface area contributed by atoms with Crippen LogP contribution in [-0.2, 0) is 11.3 Å². The number of aliphatic imine (C=N–C) groups is 1. The third-order valence-corrected chi connectivity index (χ3v) is 9.00. The van der Waals surface area contributed by atoms with Crippen LogP contribution in [0.15, 0.2) is 29.3 Å². The molecule has 1 aliphatic carbocycles. The Hall–Kier alpha value is -3.24. The van der Waals surface area contributed by atoms with Crippen molar-refractivity contribution in [2.24, 2.45) is 28.5 Å². The van der Waals surface area contributed by atoms with Crippen molar-refractivity contribution >= 4 is 40.6 Å². The van der Waals surface area contributed by atoms with Gasteiger partial charge in [0, 0.05) is 42.2 Å². The molecule has 40 heavy (non-hydrogen) atoms. The van der Waals surface area contributed by atoms with Gasteiger partial charge in [0.2, 0.25) is 5.95 Å². The van der Waals surface area contributed by atoms with Crippen LogP contribution in [0.3, 0.4) is 0 Å². The van der Waals surface area contributed by atoms with E-state index in [1.165, 1.54) is 25.7 Å². The molecule has 0 bridgehead atoms. The lowest BCUT2D eigenvalue weighted by molar-refractivity contribution is 0.0278. The maximum absolute atomic E-state index is 11.3. The molecule has 11 heteroatoms. The van der Waals surface area contributed by atoms with Gasteiger partial charge in [-0.25, -0.2) is 14.8 Å². The standard InChI is InChI=1S/C29H36ClN7O3/c1-17-7-9-18(10-8-17)15-37-24-23(19-4-2-6-21(30)14-19)32-27(25(31)33-29(38)39)34-26(24)35-28(37)36-12-3-5-20-16-40-13-11-22(20)36/h2,4,6,14,17-18,20,22H,3,5,7-13,15-16H2,1H3,(H2,31,33)(H,38,39). The molecule has 3 aliphatic rings. The summed E-state index contributed by atoms with van der Waals surface area (Å²) in [5.74, 6) is 2.41. The molecule has 212 valence electrons. The van der Waals surface area contributed by atoms with Crippen molar-refractivity contribution in [1.29, 1.82) is 0 Å². The van der Waals surface area contributed by atoms with E-state index in [0.717, 1.165) is 68.5 Å². The molecule has 1 saturated carbocycles. The summed E-state index contributed by atoms with van der Waals surface area (Å²) < 4.78 is 8.16. The molecule has 3 N–H and O–H groups in total. The van der Waals surface area contributed by atoms with Gasteiger partial charge in [-0.15, -0.1) is 0 Å². The zero-order valence-electron chi connectivity index (χ0n) is 22.8. The van der Waals surface area contributed by atoms with Crippen LogP contribution in [0.1, 0.15) is 57.7 Å². The van der Waals surface area contributed by atoms with Gasteiger partial charge < -0.3 is 25.0 Å². The molecule has 0 spiro atoms. The summed E-state index contributed by atoms with van der Waals surface area (Å²) in [6, 6.07) is 7.84. The van der Waals surface area contributed by atoms with Crippen LogP contribution in [0.5, 0.6) is 0 Å². The van der Waals surface area contributed by atoms with E-state index in [1.807, 2.05) is 24.3 Å². The highest BCUT2D eigenvalue weighted by Gasteiger charge is 2.37. The van der Waals surface area contributed by atoms with Crippen LogP contribution in [0.25, 0.3) is 22.4 Å². The zero-order chi connectivity index (χ0) is 27.8. The fourth-order valence-electron chi connectivity index (χ4n) is 6.70. The van der Waals surface area contributed by atoms with Crippen LogP contribution < -0.4 is 10.6 Å². The first-order valence-corrected chi connectivity index (χ1v) is 14.7. The number of imidazole rings is 1. The number of hydrogen-bond donors (Lipinski definition) is 2. The van der Waals surface area contributed by atoms with Crippen LogP contribution in [0.4, 0.5) is 10.7 Å². The number of hydrogen-bond acceptors (Lipinski definition) is 6. The van der Waals surface area contributed by atoms with Crippen molar-refractivity contribution in [2.45, 2.75) is 64.5 Å². The van der Waals surface area contributed by atoms with Gasteiger partial charge in [0.05, 0.1) is 6.61 Å². The Morgan fingerprint density at radius 3 is 2.77 bits per heavy atom. The first kappa shape index (κ1) is 27.0. The summed E-state index contributed by atoms with van der Waals surface area (Å²) >= 11 is 6.42. The molecule has 0 radical (unpaired) electrons. The van der Waals surface area contributed by atoms with E-state index in [9.17, 15) is 9.90 Å². The zero-order valence-corrected chi connectivity index (χ0v) is 23.6. The number of benzene rings is 1. The molecule has 2 atom stereocenters. The van der Waals surface area contributed by atoms with Crippen molar-refractivity contribution in [3.8, 4) is 11.3 Å². The van der Waals surface area contributed by atoms with Crippen LogP contribution in [0, 0.1) is 17.8 Å². The number of ether oxygens (including phenoxy) is 1. The number of carboxylic acid groups (broad SMARTS) is 1. The number of amides is 1. The Balaban J connectivity index is 1.56. The van der Waals surface area contributed by atoms with Crippen LogP contribution >= 0.6 is 11.6 Å². The van der Waals surface area contributed by atoms with Gasteiger partial charge in [0.1, 0.15) is 11.2 Å². The highest BCUT2D eigenvalue weighted by molar-refractivity contribution is 6.30. The predicted molar refractivity (Wildman–Crippen MR) is 155 cm³/mol. The molecular formula is C29H36ClN7O3. The van der Waals surface area contributed by atoms with E-state index in [1.54, 1.807) is 0 Å². The van der Waals surface area contributed by atoms with E-state index in [0.29, 0.717) is 34.2 Å². The molecule has 2 saturated heterocycles. The molecule has 3 fully saturated rings. The molecule has 1 aromatic carbocycles. The van der Waals surface area contributed by atoms with E-state index >= 15 is 0 Å². The minimum atomic E-state index is -1.40. The normalized spacial score (nSPS) is 25.6. The van der Waals surface area contributed by atoms with Gasteiger partial charge in [-0.05, 0) is 56.1 Å². The Morgan fingerprint density at radius 1 is 1.18 bits per heavy atom. The molecule has 10 nitrogen and oxygen atoms in total. The minimum Gasteiger partial charge on any atom is -0.463 e. The van der Waals surface area contributed by atoms with Gasteiger partial charge in [0.25, 0.3) is 0 Å². The first-order chi connectivity index (χ1) is 19.4. The van der Waals surface area contributed by atoms with Crippen molar-refractivity contribution in [1.82, 2.24) is 19.5 Å². The average molecular weight is 566 g/mol. The van der Waals surface area contributed by atoms with Crippen molar-refractivity contribution in [3.63, 3.8) is 0 Å². The van der Waals surface area contributed by atoms with E-state index < -0.39 is 6.09 Å². The molecule has 4 heterocycles. The second kappa shape index (κ2) is 11.3. The molecule has 1 amide bonds. The number of amidine groups is 1. The Morgan fingerprint density at radius 2 is 2.00 bits per heavy atom. The Kier molecular flexibility index (Phi) is 7.63. The summed E-state index contributed by atoms with van der Waals surface area (Å²) in [5.41, 5.74) is 8.77. The molecule has 2 aliphatic heterocycles. The van der Waals surface area contributed by atoms with E-state index in [2.05, 4.69) is 26.4 Å². The van der Waals surface area contributed by atoms with E-state index in [4.69, 9.17) is 32.0 Å². The number of fused-ring (bicyclic) bond motifs is 2. The quantitative estimate of drug-likeness (QED) is 0.312. The maximum Gasteiger partial charge on any atom is 0.433 e. The summed E-state index contributed by atoms with van der Waals surface area (Å²) in [4.78, 5) is 31.9. The largest absolute Gasteiger partial charge is 0.463 e. The fourth-order valence-corrected chi connectivity index (χ4v) is 6.89. The van der Waals surface area contributed by atoms with Crippen LogP contribution in [0.2, 0.25) is 5.02 Å². The number of nitrogens with zero attached hydrogens (tertiary/aromatic N) is 6. The smallest absolute Gasteiger partial charge is 0.433 e. The number of anilines is 1. The molecular weight excluding hydrogens is 530 g/mol. The van der Waals surface area contributed by atoms with Gasteiger partial charge in [-0.1, -0.05) is 43.5 Å². The lowest BCUT2D eigenvalue weighted by Gasteiger charge is -2.44. The van der Waals surface area contributed by atoms with Gasteiger partial charge in [0.15, 0.2) is 17.3 Å². The van der Waals surface area contributed by atoms with Crippen molar-refractivity contribution < 1.29 is 14.6 Å². The number of halogens is 1. The number of carbonyl (C=O) groups is 1. The second-order valence-corrected chi connectivity index (χ2v) is 12.0. The maximum atomic E-state index is 11.3. The molecule has 2 unspecified atom stereocenters. The summed E-state index contributed by atoms with van der Waals surface area (Å²) in [7, 11) is 0. The SMILES string of the molecule is CC1CCC(Cn2c(N3CCCC4COCCC43)nc3nc(/C(N)=N/C(=O)O)nc(-c4cccc(Cl)c4)c32)CC1. The summed E-state index contributed by atoms with van der Waals surface area (Å²) in [6.07, 6.45) is 6.58. The highest BCUT2D eigenvalue weighted by Crippen LogP contribution is 2.39. The fraction of sp³-hybridized carbons (Fsp3) is 0.552. The minimum absolute atomic E-state index is 0.0372. The third kappa shape index (κ3) is 5.39. The van der Waals surface area contributed by atoms with Crippen LogP contribution in [-0.4, -0.2) is 62.4 Å². The lowest BCUT2D eigenvalue weighted by Crippen LogP contribution is -2.50. The summed E-state index contributed by atoms with van der Waals surface area (Å²) in [5, 5.41) is 9.81. The monoisotopic (exact) mass is 565 g/mol. The lowest BCUT2D eigenvalue weighted by atomic mass is 9.83. The number of piperidine rings is 1. The topological polar surface area (TPSA) is 132 Å². The van der Waals surface area contributed by atoms with Gasteiger partial charge in [-0.2, -0.15) is 9.98 Å². The van der Waals surface area contributed by atoms with Crippen molar-refractivity contribution in [3.05, 3.63) is 35.1 Å². The van der Waals surface area contributed by atoms with Gasteiger partial charge in [-0.3, -0.25) is 0 Å². The van der Waals surface area contributed by atoms with Crippen molar-refractivity contribution in [2.75, 3.05) is 24.7 Å².